The van der Waals surface area contributed by atoms with Crippen LogP contribution in [0.15, 0.2) is 54.6 Å². The highest BCUT2D eigenvalue weighted by atomic mass is 35.5. The van der Waals surface area contributed by atoms with Gasteiger partial charge in [-0.15, -0.1) is 0 Å². The molecule has 0 aliphatic heterocycles. The number of imidazole rings is 1. The number of anilines is 1. The second-order valence-electron chi connectivity index (χ2n) is 5.23. The van der Waals surface area contributed by atoms with Crippen molar-refractivity contribution < 1.29 is 4.79 Å². The largest absolute Gasteiger partial charge is 0.337 e. The van der Waals surface area contributed by atoms with Crippen LogP contribution in [0.4, 0.5) is 5.82 Å². The number of aromatic amines is 2. The molecule has 0 bridgehead atoms. The Morgan fingerprint density at radius 3 is 2.79 bits per heavy atom. The van der Waals surface area contributed by atoms with Crippen LogP contribution in [-0.4, -0.2) is 26.1 Å². The highest BCUT2D eigenvalue weighted by Crippen LogP contribution is 2.21. The van der Waals surface area contributed by atoms with Crippen molar-refractivity contribution in [1.82, 2.24) is 20.2 Å². The fraction of sp³-hybridized carbons (Fsp3) is 0. The molecule has 2 heterocycles. The lowest BCUT2D eigenvalue weighted by Crippen LogP contribution is -2.11. The van der Waals surface area contributed by atoms with Crippen LogP contribution in [0.3, 0.4) is 0 Å². The summed E-state index contributed by atoms with van der Waals surface area (Å²) in [6.45, 7) is 0. The smallest absolute Gasteiger partial charge is 0.256 e. The number of fused-ring (bicyclic) bond motifs is 1. The van der Waals surface area contributed by atoms with Crippen LogP contribution in [0.25, 0.3) is 22.6 Å². The lowest BCUT2D eigenvalue weighted by molar-refractivity contribution is 0.102. The molecule has 2 aromatic carbocycles. The van der Waals surface area contributed by atoms with Gasteiger partial charge in [0.1, 0.15) is 5.69 Å². The van der Waals surface area contributed by atoms with Crippen molar-refractivity contribution in [2.45, 2.75) is 0 Å². The lowest BCUT2D eigenvalue weighted by atomic mass is 10.2. The number of H-pyrrole nitrogens is 2. The van der Waals surface area contributed by atoms with E-state index in [0.29, 0.717) is 27.9 Å². The Kier molecular flexibility index (Phi) is 3.51. The molecule has 0 saturated carbocycles. The van der Waals surface area contributed by atoms with Gasteiger partial charge in [0.05, 0.1) is 11.0 Å². The van der Waals surface area contributed by atoms with Crippen molar-refractivity contribution >= 4 is 34.4 Å². The van der Waals surface area contributed by atoms with Crippen LogP contribution in [0.2, 0.25) is 5.02 Å². The van der Waals surface area contributed by atoms with Crippen molar-refractivity contribution in [2.24, 2.45) is 0 Å². The average molecular weight is 338 g/mol. The Morgan fingerprint density at radius 1 is 1.08 bits per heavy atom. The third-order valence-electron chi connectivity index (χ3n) is 3.55. The Labute approximate surface area is 141 Å². The molecule has 4 rings (SSSR count). The van der Waals surface area contributed by atoms with Crippen molar-refractivity contribution in [2.75, 3.05) is 5.32 Å². The Morgan fingerprint density at radius 2 is 1.96 bits per heavy atom. The van der Waals surface area contributed by atoms with E-state index in [1.54, 1.807) is 30.3 Å². The van der Waals surface area contributed by atoms with E-state index in [2.05, 4.69) is 25.5 Å². The molecule has 4 aromatic rings. The summed E-state index contributed by atoms with van der Waals surface area (Å²) in [5.74, 6) is 0.794. The number of hydrogen-bond donors (Lipinski definition) is 3. The minimum absolute atomic E-state index is 0.278. The first-order valence-electron chi connectivity index (χ1n) is 7.26. The van der Waals surface area contributed by atoms with Crippen molar-refractivity contribution in [1.29, 1.82) is 0 Å². The zero-order valence-electron chi connectivity index (χ0n) is 12.4. The molecule has 24 heavy (non-hydrogen) atoms. The van der Waals surface area contributed by atoms with Crippen LogP contribution in [-0.2, 0) is 0 Å². The van der Waals surface area contributed by atoms with Gasteiger partial charge in [-0.25, -0.2) is 4.98 Å². The number of aromatic nitrogens is 4. The van der Waals surface area contributed by atoms with E-state index < -0.39 is 0 Å². The molecule has 118 valence electrons. The first-order chi connectivity index (χ1) is 11.7. The van der Waals surface area contributed by atoms with Crippen molar-refractivity contribution in [3.63, 3.8) is 0 Å². The maximum absolute atomic E-state index is 12.2. The van der Waals surface area contributed by atoms with Crippen molar-refractivity contribution in [3.8, 4) is 11.5 Å². The standard InChI is InChI=1S/C17H12ClN5O/c18-11-5-3-4-10(8-11)17(24)21-15-9-14(22-23-15)16-19-12-6-1-2-7-13(12)20-16/h1-9H,(H,19,20)(H2,21,22,23,24). The fourth-order valence-electron chi connectivity index (χ4n) is 2.41. The van der Waals surface area contributed by atoms with E-state index in [9.17, 15) is 4.79 Å². The number of para-hydroxylation sites is 2. The van der Waals surface area contributed by atoms with Crippen LogP contribution in [0.1, 0.15) is 10.4 Å². The van der Waals surface area contributed by atoms with E-state index in [1.165, 1.54) is 0 Å². The third-order valence-corrected chi connectivity index (χ3v) is 3.79. The van der Waals surface area contributed by atoms with Crippen LogP contribution < -0.4 is 5.32 Å². The molecule has 0 aliphatic carbocycles. The maximum Gasteiger partial charge on any atom is 0.256 e. The van der Waals surface area contributed by atoms with E-state index in [0.717, 1.165) is 11.0 Å². The molecule has 0 saturated heterocycles. The summed E-state index contributed by atoms with van der Waals surface area (Å²) in [5, 5.41) is 10.2. The molecule has 2 aromatic heterocycles. The summed E-state index contributed by atoms with van der Waals surface area (Å²) in [7, 11) is 0. The highest BCUT2D eigenvalue weighted by molar-refractivity contribution is 6.31. The van der Waals surface area contributed by atoms with Crippen molar-refractivity contribution in [3.05, 3.63) is 65.2 Å². The molecular weight excluding hydrogens is 326 g/mol. The molecular formula is C17H12ClN5O. The van der Waals surface area contributed by atoms with E-state index in [4.69, 9.17) is 11.6 Å². The number of nitrogens with one attached hydrogen (secondary N) is 3. The van der Waals surface area contributed by atoms with Crippen LogP contribution >= 0.6 is 11.6 Å². The lowest BCUT2D eigenvalue weighted by Gasteiger charge is -2.01. The molecule has 1 amide bonds. The molecule has 7 heteroatoms. The number of nitrogens with zero attached hydrogens (tertiary/aromatic N) is 2. The minimum atomic E-state index is -0.278. The van der Waals surface area contributed by atoms with Gasteiger partial charge in [0.15, 0.2) is 11.6 Å². The summed E-state index contributed by atoms with van der Waals surface area (Å²) in [6, 6.07) is 16.2. The number of rotatable bonds is 3. The predicted molar refractivity (Wildman–Crippen MR) is 93.1 cm³/mol. The van der Waals surface area contributed by atoms with Gasteiger partial charge >= 0.3 is 0 Å². The van der Waals surface area contributed by atoms with Crippen LogP contribution in [0, 0.1) is 0 Å². The van der Waals surface area contributed by atoms with Crippen LogP contribution in [0.5, 0.6) is 0 Å². The summed E-state index contributed by atoms with van der Waals surface area (Å²) < 4.78 is 0. The Hall–Kier alpha value is -3.12. The number of benzene rings is 2. The van der Waals surface area contributed by atoms with Gasteiger partial charge in [-0.2, -0.15) is 5.10 Å². The van der Waals surface area contributed by atoms with Gasteiger partial charge in [0, 0.05) is 16.7 Å². The van der Waals surface area contributed by atoms with Gasteiger partial charge in [-0.05, 0) is 30.3 Å². The third kappa shape index (κ3) is 2.75. The van der Waals surface area contributed by atoms with E-state index in [1.807, 2.05) is 24.3 Å². The number of carbonyl (C=O) groups excluding carboxylic acids is 1. The molecule has 0 radical (unpaired) electrons. The number of amides is 1. The molecule has 3 N–H and O–H groups in total. The predicted octanol–water partition coefficient (Wildman–Crippen LogP) is 3.86. The summed E-state index contributed by atoms with van der Waals surface area (Å²) in [5.41, 5.74) is 2.96. The summed E-state index contributed by atoms with van der Waals surface area (Å²) in [6.07, 6.45) is 0. The average Bonchev–Trinajstić information content (AvgIpc) is 3.21. The van der Waals surface area contributed by atoms with Gasteiger partial charge in [-0.1, -0.05) is 29.8 Å². The summed E-state index contributed by atoms with van der Waals surface area (Å²) in [4.78, 5) is 19.9. The van der Waals surface area contributed by atoms with Gasteiger partial charge in [0.2, 0.25) is 0 Å². The Balaban J connectivity index is 1.57. The zero-order valence-corrected chi connectivity index (χ0v) is 13.1. The van der Waals surface area contributed by atoms with E-state index >= 15 is 0 Å². The molecule has 0 spiro atoms. The SMILES string of the molecule is O=C(Nc1cc(-c2nc3ccccc3[nH]2)[nH]n1)c1cccc(Cl)c1. The normalized spacial score (nSPS) is 10.9. The number of carbonyl (C=O) groups is 1. The monoisotopic (exact) mass is 337 g/mol. The van der Waals surface area contributed by atoms with Gasteiger partial charge in [0.25, 0.3) is 5.91 Å². The van der Waals surface area contributed by atoms with Gasteiger partial charge < -0.3 is 10.3 Å². The zero-order chi connectivity index (χ0) is 16.5. The number of halogens is 1. The number of hydrogen-bond acceptors (Lipinski definition) is 3. The topological polar surface area (TPSA) is 86.5 Å². The van der Waals surface area contributed by atoms with Gasteiger partial charge in [-0.3, -0.25) is 9.89 Å². The molecule has 6 nitrogen and oxygen atoms in total. The minimum Gasteiger partial charge on any atom is -0.337 e. The molecule has 0 aliphatic rings. The summed E-state index contributed by atoms with van der Waals surface area (Å²) >= 11 is 5.90. The molecule has 0 unspecified atom stereocenters. The first-order valence-corrected chi connectivity index (χ1v) is 7.64. The maximum atomic E-state index is 12.2. The fourth-order valence-corrected chi connectivity index (χ4v) is 2.60. The Bertz CT molecular complexity index is 1000. The molecule has 0 fully saturated rings. The second kappa shape index (κ2) is 5.82. The van der Waals surface area contributed by atoms with E-state index in [-0.39, 0.29) is 5.91 Å². The molecule has 0 atom stereocenters. The quantitative estimate of drug-likeness (QED) is 0.530. The second-order valence-corrected chi connectivity index (χ2v) is 5.67. The highest BCUT2D eigenvalue weighted by Gasteiger charge is 2.12. The first kappa shape index (κ1) is 14.5.